The van der Waals surface area contributed by atoms with Crippen LogP contribution >= 0.6 is 34.4 Å². The number of unbranched alkanes of at least 4 members (excludes halogenated alkanes) is 1. The molecule has 1 aromatic heterocycles. The number of pyridine rings is 1. The van der Waals surface area contributed by atoms with Crippen molar-refractivity contribution in [2.75, 3.05) is 156 Å². The molecule has 0 bridgehead atoms. The van der Waals surface area contributed by atoms with Gasteiger partial charge in [0.1, 0.15) is 23.9 Å². The number of hydrogen-bond acceptors (Lipinski definition) is 19. The molecule has 3 atom stereocenters. The van der Waals surface area contributed by atoms with Gasteiger partial charge in [-0.25, -0.2) is 8.78 Å². The van der Waals surface area contributed by atoms with Gasteiger partial charge in [0.05, 0.1) is 63.0 Å². The molecule has 8 N–H and O–H groups in total. The van der Waals surface area contributed by atoms with Gasteiger partial charge in [-0.2, -0.15) is 17.0 Å². The van der Waals surface area contributed by atoms with Gasteiger partial charge in [-0.15, -0.1) is 0 Å². The fraction of sp³-hybridized carbons (Fsp3) is 0.590. The Kier molecular flexibility index (Phi) is 30.9. The quantitative estimate of drug-likeness (QED) is 0.0308. The summed E-state index contributed by atoms with van der Waals surface area (Å²) in [5, 5.41) is 60.6. The highest BCUT2D eigenvalue weighted by Crippen LogP contribution is 2.32. The monoisotopic (exact) mass is 1420 g/mol. The summed E-state index contributed by atoms with van der Waals surface area (Å²) in [5.74, 6) is -8.49. The Labute approximate surface area is 551 Å². The van der Waals surface area contributed by atoms with Crippen LogP contribution in [0.2, 0.25) is 0 Å². The lowest BCUT2D eigenvalue weighted by Crippen LogP contribution is -2.52. The molecule has 0 aliphatic carbocycles. The van der Waals surface area contributed by atoms with Crippen LogP contribution in [0.4, 0.5) is 8.78 Å². The summed E-state index contributed by atoms with van der Waals surface area (Å²) in [6, 6.07) is 14.1. The fourth-order valence-corrected chi connectivity index (χ4v) is 12.0. The number of nitrogens with zero attached hydrogens (tertiary/aromatic N) is 9. The van der Waals surface area contributed by atoms with E-state index in [4.69, 9.17) is 4.74 Å². The maximum absolute atomic E-state index is 13.9. The van der Waals surface area contributed by atoms with Crippen molar-refractivity contribution >= 4 is 98.6 Å². The molecule has 0 saturated carbocycles. The number of aliphatic hydroxyl groups excluding tert-OH is 1. The van der Waals surface area contributed by atoms with Crippen LogP contribution in [-0.2, 0) is 44.8 Å². The Bertz CT molecular complexity index is 2990. The maximum Gasteiger partial charge on any atom is 0.317 e. The summed E-state index contributed by atoms with van der Waals surface area (Å²) < 4.78 is 35.0. The molecule has 3 saturated heterocycles. The number of hydrogen-bond donors (Lipinski definition) is 8. The fourth-order valence-electron chi connectivity index (χ4n) is 10.9. The van der Waals surface area contributed by atoms with E-state index in [9.17, 15) is 77.6 Å². The lowest BCUT2D eigenvalue weighted by molar-refractivity contribution is -0.141. The first kappa shape index (κ1) is 74.1. The van der Waals surface area contributed by atoms with Crippen molar-refractivity contribution in [3.8, 4) is 11.8 Å². The van der Waals surface area contributed by atoms with Crippen molar-refractivity contribution in [1.29, 1.82) is 5.26 Å². The lowest BCUT2D eigenvalue weighted by Gasteiger charge is -2.35. The van der Waals surface area contributed by atoms with Crippen LogP contribution < -0.4 is 26.0 Å². The summed E-state index contributed by atoms with van der Waals surface area (Å²) in [5.41, 5.74) is 1.82. The zero-order valence-corrected chi connectivity index (χ0v) is 54.5. The third kappa shape index (κ3) is 26.2. The number of carbonyl (C=O) groups excluding carboxylic acids is 6. The summed E-state index contributed by atoms with van der Waals surface area (Å²) in [6.07, 6.45) is 2.97. The SMILES string of the molecule is N#C[C@H]1CC(F)(F)CN1C(=O)CNC(=O)c1ccnc2ccc(OCCCN3CCN(C(=O)[C@H](O)CSCCNC(=O)[C@H](CCCCNC(=O)CCCc4ccc(I)cc4)NC(=O)CN4CCN(CC(=O)O)CCN(CC(=O)O)CCN(CC(=O)O)CC4)CC3)cc12. The van der Waals surface area contributed by atoms with Crippen LogP contribution in [0.1, 0.15) is 60.9 Å². The number of rotatable bonds is 33. The Morgan fingerprint density at radius 2 is 1.34 bits per heavy atom. The molecule has 0 spiro atoms. The van der Waals surface area contributed by atoms with Gasteiger partial charge in [0.2, 0.25) is 23.6 Å². The first-order chi connectivity index (χ1) is 44.0. The molecule has 6 rings (SSSR count). The predicted octanol–water partition coefficient (Wildman–Crippen LogP) is 0.722. The third-order valence-corrected chi connectivity index (χ3v) is 17.6. The number of fused-ring (bicyclic) bond motifs is 1. The van der Waals surface area contributed by atoms with E-state index in [1.165, 1.54) is 24.0 Å². The predicted molar refractivity (Wildman–Crippen MR) is 344 cm³/mol. The second kappa shape index (κ2) is 38.3. The molecule has 3 aliphatic rings. The van der Waals surface area contributed by atoms with Gasteiger partial charge >= 0.3 is 17.9 Å². The first-order valence-corrected chi connectivity index (χ1v) is 33.0. The van der Waals surface area contributed by atoms with E-state index in [0.717, 1.165) is 20.5 Å². The lowest BCUT2D eigenvalue weighted by atomic mass is 10.1. The van der Waals surface area contributed by atoms with E-state index < -0.39 is 91.1 Å². The number of carboxylic acids is 3. The first-order valence-electron chi connectivity index (χ1n) is 30.8. The molecular formula is C61H84F2IN13O14S. The van der Waals surface area contributed by atoms with Gasteiger partial charge in [-0.3, -0.25) is 72.6 Å². The maximum atomic E-state index is 13.9. The Balaban J connectivity index is 0.934. The van der Waals surface area contributed by atoms with E-state index in [1.54, 1.807) is 48.8 Å². The van der Waals surface area contributed by atoms with Crippen molar-refractivity contribution in [2.45, 2.75) is 75.5 Å². The zero-order chi connectivity index (χ0) is 66.6. The number of alkyl halides is 2. The molecule has 92 heavy (non-hydrogen) atoms. The number of benzene rings is 2. The van der Waals surface area contributed by atoms with Crippen molar-refractivity contribution in [3.63, 3.8) is 0 Å². The molecule has 0 radical (unpaired) electrons. The molecule has 6 amide bonds. The average Bonchev–Trinajstić information content (AvgIpc) is 1.21. The molecule has 31 heteroatoms. The second-order valence-corrected chi connectivity index (χ2v) is 25.3. The van der Waals surface area contributed by atoms with E-state index >= 15 is 0 Å². The van der Waals surface area contributed by atoms with Gasteiger partial charge < -0.3 is 56.2 Å². The Hall–Kier alpha value is -6.93. The number of amides is 6. The van der Waals surface area contributed by atoms with Crippen LogP contribution in [0.25, 0.3) is 10.9 Å². The van der Waals surface area contributed by atoms with Crippen molar-refractivity contribution in [2.24, 2.45) is 0 Å². The molecule has 3 aromatic rings. The van der Waals surface area contributed by atoms with Crippen molar-refractivity contribution in [3.05, 3.63) is 69.4 Å². The number of thioether (sulfide) groups is 1. The molecule has 4 heterocycles. The van der Waals surface area contributed by atoms with Gasteiger partial charge in [-0.1, -0.05) is 12.1 Å². The van der Waals surface area contributed by atoms with Crippen LogP contribution in [-0.4, -0.2) is 293 Å². The Morgan fingerprint density at radius 1 is 0.728 bits per heavy atom. The molecule has 504 valence electrons. The minimum Gasteiger partial charge on any atom is -0.494 e. The minimum atomic E-state index is -3.19. The van der Waals surface area contributed by atoms with E-state index in [0.29, 0.717) is 100 Å². The number of nitriles is 1. The van der Waals surface area contributed by atoms with Crippen LogP contribution in [0, 0.1) is 14.9 Å². The number of halogens is 3. The molecular weight excluding hydrogens is 1340 g/mol. The number of aliphatic hydroxyl groups is 1. The molecule has 0 unspecified atom stereocenters. The van der Waals surface area contributed by atoms with Crippen molar-refractivity contribution in [1.82, 2.24) is 60.6 Å². The van der Waals surface area contributed by atoms with Crippen LogP contribution in [0.15, 0.2) is 54.7 Å². The summed E-state index contributed by atoms with van der Waals surface area (Å²) >= 11 is 3.51. The minimum absolute atomic E-state index is 0.0664. The topological polar surface area (TPSA) is 351 Å². The Morgan fingerprint density at radius 3 is 1.95 bits per heavy atom. The van der Waals surface area contributed by atoms with Crippen LogP contribution in [0.5, 0.6) is 5.75 Å². The highest BCUT2D eigenvalue weighted by atomic mass is 127. The number of carbonyl (C=O) groups is 9. The van der Waals surface area contributed by atoms with Crippen LogP contribution in [0.3, 0.4) is 0 Å². The number of carboxylic acid groups (broad SMARTS) is 3. The largest absolute Gasteiger partial charge is 0.494 e. The summed E-state index contributed by atoms with van der Waals surface area (Å²) in [7, 11) is 0. The third-order valence-electron chi connectivity index (χ3n) is 15.8. The average molecular weight is 1420 g/mol. The summed E-state index contributed by atoms with van der Waals surface area (Å²) in [4.78, 5) is 130. The van der Waals surface area contributed by atoms with E-state index in [2.05, 4.69) is 53.7 Å². The number of ether oxygens (including phenoxy) is 1. The van der Waals surface area contributed by atoms with Crippen molar-refractivity contribution < 1.29 is 77.1 Å². The standard InChI is InChI=1S/C61H84F2IN13O14S/c62-61(63)34-45(35-65)77(42-61)54(81)36-69-58(88)47-14-16-66-49-13-12-46(33-48(47)49)91-31-4-18-71-27-29-76(30-28-71)60(90)51(78)41-92-32-17-68-59(89)50(6-1-2-15-67-52(79)7-3-5-43-8-10-44(64)11-9-43)70-53(80)37-72-19-21-73(38-55(82)83)23-25-75(40-57(86)87)26-24-74(22-20-72)39-56(84)85/h8-14,16,33,45,50-51,78H,1-7,15,17-32,34,36-42H2,(H,67,79)(H,68,89)(H,69,88)(H,70,80)(H,82,83)(H,84,85)(H,86,87)/t45-,50+,51-/m1/s1. The second-order valence-electron chi connectivity index (χ2n) is 22.9. The number of likely N-dealkylation sites (tertiary alicyclic amines) is 1. The smallest absolute Gasteiger partial charge is 0.317 e. The zero-order valence-electron chi connectivity index (χ0n) is 51.5. The number of piperazine rings is 1. The number of aryl methyl sites for hydroxylation is 1. The van der Waals surface area contributed by atoms with E-state index in [-0.39, 0.29) is 109 Å². The summed E-state index contributed by atoms with van der Waals surface area (Å²) in [6.45, 7) is 2.31. The van der Waals surface area contributed by atoms with E-state index in [1.807, 2.05) is 24.3 Å². The normalized spacial score (nSPS) is 17.9. The molecule has 2 aromatic carbocycles. The highest BCUT2D eigenvalue weighted by molar-refractivity contribution is 14.1. The molecule has 27 nitrogen and oxygen atoms in total. The highest BCUT2D eigenvalue weighted by Gasteiger charge is 2.47. The number of aliphatic carboxylic acids is 3. The number of aromatic nitrogens is 1. The number of nitrogens with one attached hydrogen (secondary N) is 4. The van der Waals surface area contributed by atoms with Gasteiger partial charge in [0.15, 0.2) is 0 Å². The molecule has 3 aliphatic heterocycles. The van der Waals surface area contributed by atoms with Gasteiger partial charge in [0.25, 0.3) is 17.7 Å². The van der Waals surface area contributed by atoms with Gasteiger partial charge in [-0.05, 0) is 103 Å². The van der Waals surface area contributed by atoms with Gasteiger partial charge in [0, 0.05) is 138 Å². The molecule has 3 fully saturated rings.